The molecule has 1 aliphatic carbocycles. The Bertz CT molecular complexity index is 920. The summed E-state index contributed by atoms with van der Waals surface area (Å²) < 4.78 is 15.5. The fraction of sp³-hybridized carbons (Fsp3) is 0.583. The third-order valence-electron chi connectivity index (χ3n) is 7.22. The Morgan fingerprint density at radius 3 is 2.67 bits per heavy atom. The van der Waals surface area contributed by atoms with Gasteiger partial charge in [0.2, 0.25) is 5.91 Å². The Labute approximate surface area is 177 Å². The van der Waals surface area contributed by atoms with Crippen molar-refractivity contribution in [3.8, 4) is 0 Å². The number of carbonyl (C=O) groups is 1. The van der Waals surface area contributed by atoms with Crippen LogP contribution < -0.4 is 0 Å². The van der Waals surface area contributed by atoms with Crippen LogP contribution in [0, 0.1) is 17.2 Å². The van der Waals surface area contributed by atoms with E-state index in [1.807, 2.05) is 18.5 Å². The number of hydrogen-bond acceptors (Lipinski definition) is 3. The van der Waals surface area contributed by atoms with Crippen LogP contribution in [0.3, 0.4) is 0 Å². The third kappa shape index (κ3) is 3.55. The van der Waals surface area contributed by atoms with Crippen molar-refractivity contribution >= 4 is 5.91 Å². The van der Waals surface area contributed by atoms with Gasteiger partial charge in [-0.05, 0) is 56.7 Å². The molecule has 5 rings (SSSR count). The number of aromatic nitrogens is 2. The van der Waals surface area contributed by atoms with Gasteiger partial charge in [-0.2, -0.15) is 0 Å². The number of likely N-dealkylation sites (tertiary alicyclic amines) is 2. The second-order valence-corrected chi connectivity index (χ2v) is 9.79. The number of carbonyl (C=O) groups excluding carboxylic acids is 1. The normalized spacial score (nSPS) is 27.1. The minimum atomic E-state index is -0.384. The topological polar surface area (TPSA) is 41.4 Å². The minimum absolute atomic E-state index is 0.106. The molecule has 2 saturated heterocycles. The minimum Gasteiger partial charge on any atom is -0.342 e. The van der Waals surface area contributed by atoms with Crippen molar-refractivity contribution in [2.24, 2.45) is 11.3 Å². The lowest BCUT2D eigenvalue weighted by molar-refractivity contribution is -0.136. The molecule has 2 atom stereocenters. The molecule has 0 N–H and O–H groups in total. The van der Waals surface area contributed by atoms with E-state index in [0.717, 1.165) is 50.4 Å². The highest BCUT2D eigenvalue weighted by atomic mass is 19.1. The first-order valence-corrected chi connectivity index (χ1v) is 11.2. The number of hydrogen-bond donors (Lipinski definition) is 0. The Hall–Kier alpha value is -2.21. The zero-order valence-electron chi connectivity index (χ0n) is 17.9. The summed E-state index contributed by atoms with van der Waals surface area (Å²) in [5.41, 5.74) is 1.73. The summed E-state index contributed by atoms with van der Waals surface area (Å²) >= 11 is 0. The first-order chi connectivity index (χ1) is 14.4. The Balaban J connectivity index is 1.42. The van der Waals surface area contributed by atoms with Crippen LogP contribution in [0.5, 0.6) is 0 Å². The molecule has 1 amide bonds. The summed E-state index contributed by atoms with van der Waals surface area (Å²) in [6.45, 7) is 8.38. The van der Waals surface area contributed by atoms with Crippen molar-refractivity contribution in [1.82, 2.24) is 19.4 Å². The fourth-order valence-corrected chi connectivity index (χ4v) is 5.28. The highest BCUT2D eigenvalue weighted by Crippen LogP contribution is 2.50. The molecule has 2 aliphatic heterocycles. The molecule has 2 unspecified atom stereocenters. The molecule has 0 radical (unpaired) electrons. The van der Waals surface area contributed by atoms with E-state index < -0.39 is 0 Å². The van der Waals surface area contributed by atoms with Crippen molar-refractivity contribution in [3.05, 3.63) is 53.9 Å². The van der Waals surface area contributed by atoms with Crippen LogP contribution in [-0.4, -0.2) is 51.4 Å². The molecule has 3 aliphatic rings. The first kappa shape index (κ1) is 19.7. The smallest absolute Gasteiger partial charge is 0.230 e. The van der Waals surface area contributed by atoms with Crippen LogP contribution >= 0.6 is 0 Å². The van der Waals surface area contributed by atoms with Gasteiger partial charge in [-0.15, -0.1) is 0 Å². The van der Waals surface area contributed by atoms with Gasteiger partial charge in [0.25, 0.3) is 0 Å². The van der Waals surface area contributed by atoms with Gasteiger partial charge >= 0.3 is 0 Å². The summed E-state index contributed by atoms with van der Waals surface area (Å²) in [5.74, 6) is 0.921. The molecule has 1 aromatic heterocycles. The van der Waals surface area contributed by atoms with Crippen LogP contribution in [0.2, 0.25) is 0 Å². The third-order valence-corrected chi connectivity index (χ3v) is 7.22. The number of amides is 1. The second kappa shape index (κ2) is 7.49. The molecule has 3 fully saturated rings. The van der Waals surface area contributed by atoms with E-state index >= 15 is 0 Å². The highest BCUT2D eigenvalue weighted by molar-refractivity contribution is 5.87. The molecule has 30 heavy (non-hydrogen) atoms. The number of rotatable bonds is 6. The first-order valence-electron chi connectivity index (χ1n) is 11.2. The summed E-state index contributed by atoms with van der Waals surface area (Å²) in [6.07, 6.45) is 7.45. The summed E-state index contributed by atoms with van der Waals surface area (Å²) in [4.78, 5) is 22.9. The highest BCUT2D eigenvalue weighted by Gasteiger charge is 2.58. The van der Waals surface area contributed by atoms with Gasteiger partial charge in [0.15, 0.2) is 0 Å². The van der Waals surface area contributed by atoms with E-state index in [-0.39, 0.29) is 17.2 Å². The largest absolute Gasteiger partial charge is 0.342 e. The molecule has 160 valence electrons. The molecule has 2 aromatic rings. The van der Waals surface area contributed by atoms with Gasteiger partial charge in [0, 0.05) is 50.9 Å². The molecular weight excluding hydrogens is 379 g/mol. The van der Waals surface area contributed by atoms with Gasteiger partial charge in [-0.3, -0.25) is 9.69 Å². The van der Waals surface area contributed by atoms with Crippen LogP contribution in [0.25, 0.3) is 0 Å². The molecule has 1 aromatic carbocycles. The Morgan fingerprint density at radius 2 is 2.00 bits per heavy atom. The maximum atomic E-state index is 13.7. The van der Waals surface area contributed by atoms with Gasteiger partial charge in [-0.25, -0.2) is 9.37 Å². The summed E-state index contributed by atoms with van der Waals surface area (Å²) in [6, 6.07) is 7.07. The van der Waals surface area contributed by atoms with E-state index in [1.54, 1.807) is 0 Å². The lowest BCUT2D eigenvalue weighted by Gasteiger charge is -2.28. The van der Waals surface area contributed by atoms with Crippen molar-refractivity contribution in [2.45, 2.75) is 51.6 Å². The number of benzene rings is 1. The van der Waals surface area contributed by atoms with Crippen LogP contribution in [-0.2, 0) is 11.3 Å². The molecule has 6 heteroatoms. The average Bonchev–Trinajstić information content (AvgIpc) is 3.15. The summed E-state index contributed by atoms with van der Waals surface area (Å²) in [7, 11) is 0. The lowest BCUT2D eigenvalue weighted by Crippen LogP contribution is -2.40. The molecule has 5 nitrogen and oxygen atoms in total. The monoisotopic (exact) mass is 410 g/mol. The van der Waals surface area contributed by atoms with Crippen molar-refractivity contribution in [2.75, 3.05) is 26.2 Å². The predicted molar refractivity (Wildman–Crippen MR) is 113 cm³/mol. The van der Waals surface area contributed by atoms with Crippen molar-refractivity contribution in [3.63, 3.8) is 0 Å². The zero-order valence-corrected chi connectivity index (χ0v) is 17.9. The number of nitrogens with zero attached hydrogens (tertiary/aromatic N) is 4. The van der Waals surface area contributed by atoms with Gasteiger partial charge < -0.3 is 9.47 Å². The van der Waals surface area contributed by atoms with E-state index in [0.29, 0.717) is 17.9 Å². The summed E-state index contributed by atoms with van der Waals surface area (Å²) in [5, 5.41) is 0. The van der Waals surface area contributed by atoms with E-state index in [9.17, 15) is 9.18 Å². The van der Waals surface area contributed by atoms with Crippen molar-refractivity contribution in [1.29, 1.82) is 0 Å². The zero-order chi connectivity index (χ0) is 20.9. The molecular formula is C24H31FN4O. The number of halogens is 1. The number of imidazole rings is 1. The Kier molecular flexibility index (Phi) is 4.92. The maximum absolute atomic E-state index is 13.7. The van der Waals surface area contributed by atoms with E-state index in [1.165, 1.54) is 25.0 Å². The standard InChI is InChI=1S/C24H31FN4O/c1-17(2)29-14-22(26-16-29)21-13-27(11-18-5-7-20(25)8-6-18)15-24(21)9-10-28(23(24)30)12-19-3-4-19/h5-8,14,16-17,19,21H,3-4,9-13,15H2,1-2H3. The molecule has 3 heterocycles. The maximum Gasteiger partial charge on any atom is 0.230 e. The fourth-order valence-electron chi connectivity index (χ4n) is 5.28. The van der Waals surface area contributed by atoms with Gasteiger partial charge in [0.05, 0.1) is 17.4 Å². The van der Waals surface area contributed by atoms with Crippen LogP contribution in [0.4, 0.5) is 4.39 Å². The van der Waals surface area contributed by atoms with E-state index in [4.69, 9.17) is 4.98 Å². The SMILES string of the molecule is CC(C)n1cnc(C2CN(Cc3ccc(F)cc3)CC23CCN(CC2CC2)C3=O)c1. The van der Waals surface area contributed by atoms with Crippen LogP contribution in [0.1, 0.15) is 56.3 Å². The van der Waals surface area contributed by atoms with Gasteiger partial charge in [-0.1, -0.05) is 12.1 Å². The molecule has 0 bridgehead atoms. The predicted octanol–water partition coefficient (Wildman–Crippen LogP) is 3.83. The second-order valence-electron chi connectivity index (χ2n) is 9.79. The molecule has 1 spiro atoms. The van der Waals surface area contributed by atoms with Crippen LogP contribution in [0.15, 0.2) is 36.8 Å². The Morgan fingerprint density at radius 1 is 1.23 bits per heavy atom. The van der Waals surface area contributed by atoms with Gasteiger partial charge in [0.1, 0.15) is 5.82 Å². The quantitative estimate of drug-likeness (QED) is 0.727. The molecule has 1 saturated carbocycles. The van der Waals surface area contributed by atoms with E-state index in [2.05, 4.69) is 34.4 Å². The lowest BCUT2D eigenvalue weighted by atomic mass is 9.75. The average molecular weight is 411 g/mol. The van der Waals surface area contributed by atoms with Crippen molar-refractivity contribution < 1.29 is 9.18 Å².